The summed E-state index contributed by atoms with van der Waals surface area (Å²) in [5.41, 5.74) is 7.57. The molecule has 0 saturated carbocycles. The number of oxime groups is 1. The Balaban J connectivity index is 2.71. The first kappa shape index (κ1) is 8.74. The van der Waals surface area contributed by atoms with Crippen molar-refractivity contribution in [2.45, 2.75) is 6.54 Å². The SMILES string of the molecule is CO/N=C/c1ccc(CN)cc1. The lowest BCUT2D eigenvalue weighted by molar-refractivity contribution is 0.215. The summed E-state index contributed by atoms with van der Waals surface area (Å²) in [6.45, 7) is 0.571. The highest BCUT2D eigenvalue weighted by Crippen LogP contribution is 2.00. The van der Waals surface area contributed by atoms with Gasteiger partial charge < -0.3 is 10.6 Å². The van der Waals surface area contributed by atoms with E-state index in [4.69, 9.17) is 5.73 Å². The van der Waals surface area contributed by atoms with Crippen molar-refractivity contribution < 1.29 is 4.84 Å². The van der Waals surface area contributed by atoms with E-state index >= 15 is 0 Å². The van der Waals surface area contributed by atoms with Crippen LogP contribution in [0.1, 0.15) is 11.1 Å². The molecule has 0 radical (unpaired) electrons. The molecule has 0 saturated heterocycles. The lowest BCUT2D eigenvalue weighted by Crippen LogP contribution is -1.95. The van der Waals surface area contributed by atoms with Crippen molar-refractivity contribution in [3.63, 3.8) is 0 Å². The standard InChI is InChI=1S/C9H12N2O/c1-12-11-7-9-4-2-8(6-10)3-5-9/h2-5,7H,6,10H2,1H3/b11-7+. The molecule has 0 atom stereocenters. The highest BCUT2D eigenvalue weighted by molar-refractivity contribution is 5.79. The summed E-state index contributed by atoms with van der Waals surface area (Å²) in [4.78, 5) is 4.55. The highest BCUT2D eigenvalue weighted by atomic mass is 16.6. The van der Waals surface area contributed by atoms with E-state index in [0.29, 0.717) is 6.54 Å². The second-order valence-corrected chi connectivity index (χ2v) is 2.36. The molecular weight excluding hydrogens is 152 g/mol. The minimum atomic E-state index is 0.571. The van der Waals surface area contributed by atoms with E-state index in [9.17, 15) is 0 Å². The minimum Gasteiger partial charge on any atom is -0.399 e. The fraction of sp³-hybridized carbons (Fsp3) is 0.222. The fourth-order valence-corrected chi connectivity index (χ4v) is 0.853. The molecule has 12 heavy (non-hydrogen) atoms. The van der Waals surface area contributed by atoms with Crippen LogP contribution in [0, 0.1) is 0 Å². The van der Waals surface area contributed by atoms with E-state index in [-0.39, 0.29) is 0 Å². The van der Waals surface area contributed by atoms with Crippen LogP contribution in [-0.2, 0) is 11.4 Å². The zero-order valence-electron chi connectivity index (χ0n) is 7.03. The molecule has 0 aliphatic heterocycles. The molecule has 0 unspecified atom stereocenters. The number of benzene rings is 1. The van der Waals surface area contributed by atoms with E-state index in [1.54, 1.807) is 6.21 Å². The molecular formula is C9H12N2O. The molecule has 64 valence electrons. The lowest BCUT2D eigenvalue weighted by Gasteiger charge is -1.95. The van der Waals surface area contributed by atoms with Crippen molar-refractivity contribution in [1.82, 2.24) is 0 Å². The van der Waals surface area contributed by atoms with Crippen LogP contribution < -0.4 is 5.73 Å². The maximum absolute atomic E-state index is 5.44. The molecule has 3 heteroatoms. The quantitative estimate of drug-likeness (QED) is 0.537. The number of nitrogens with two attached hydrogens (primary N) is 1. The van der Waals surface area contributed by atoms with Crippen LogP contribution in [0.2, 0.25) is 0 Å². The van der Waals surface area contributed by atoms with E-state index in [1.165, 1.54) is 7.11 Å². The first-order valence-corrected chi connectivity index (χ1v) is 3.72. The Labute approximate surface area is 71.8 Å². The Morgan fingerprint density at radius 2 is 2.08 bits per heavy atom. The predicted molar refractivity (Wildman–Crippen MR) is 48.9 cm³/mol. The Bertz CT molecular complexity index is 254. The van der Waals surface area contributed by atoms with Gasteiger partial charge in [0.1, 0.15) is 7.11 Å². The number of hydrogen-bond donors (Lipinski definition) is 1. The monoisotopic (exact) mass is 164 g/mol. The third kappa shape index (κ3) is 2.36. The van der Waals surface area contributed by atoms with E-state index in [2.05, 4.69) is 9.99 Å². The molecule has 0 amide bonds. The van der Waals surface area contributed by atoms with Gasteiger partial charge in [0, 0.05) is 6.54 Å². The Kier molecular flexibility index (Phi) is 3.29. The van der Waals surface area contributed by atoms with Gasteiger partial charge in [-0.3, -0.25) is 0 Å². The van der Waals surface area contributed by atoms with Crippen LogP contribution in [0.4, 0.5) is 0 Å². The summed E-state index contributed by atoms with van der Waals surface area (Å²) in [5, 5.41) is 3.64. The molecule has 0 aliphatic rings. The zero-order chi connectivity index (χ0) is 8.81. The smallest absolute Gasteiger partial charge is 0.106 e. The van der Waals surface area contributed by atoms with Crippen molar-refractivity contribution in [2.75, 3.05) is 7.11 Å². The number of hydrogen-bond acceptors (Lipinski definition) is 3. The maximum Gasteiger partial charge on any atom is 0.106 e. The molecule has 3 nitrogen and oxygen atoms in total. The first-order valence-electron chi connectivity index (χ1n) is 3.72. The van der Waals surface area contributed by atoms with Gasteiger partial charge in [-0.05, 0) is 11.1 Å². The Hall–Kier alpha value is -1.35. The summed E-state index contributed by atoms with van der Waals surface area (Å²) in [6.07, 6.45) is 1.65. The van der Waals surface area contributed by atoms with Gasteiger partial charge in [0.05, 0.1) is 6.21 Å². The average molecular weight is 164 g/mol. The fourth-order valence-electron chi connectivity index (χ4n) is 0.853. The van der Waals surface area contributed by atoms with Crippen molar-refractivity contribution >= 4 is 6.21 Å². The molecule has 0 bridgehead atoms. The second kappa shape index (κ2) is 4.51. The van der Waals surface area contributed by atoms with Gasteiger partial charge in [0.2, 0.25) is 0 Å². The van der Waals surface area contributed by atoms with Crippen LogP contribution in [-0.4, -0.2) is 13.3 Å². The van der Waals surface area contributed by atoms with E-state index < -0.39 is 0 Å². The van der Waals surface area contributed by atoms with Crippen molar-refractivity contribution in [1.29, 1.82) is 0 Å². The van der Waals surface area contributed by atoms with Gasteiger partial charge in [-0.2, -0.15) is 0 Å². The molecule has 0 heterocycles. The van der Waals surface area contributed by atoms with Gasteiger partial charge in [0.15, 0.2) is 0 Å². The molecule has 2 N–H and O–H groups in total. The van der Waals surface area contributed by atoms with Gasteiger partial charge in [0.25, 0.3) is 0 Å². The summed E-state index contributed by atoms with van der Waals surface area (Å²) >= 11 is 0. The van der Waals surface area contributed by atoms with Crippen molar-refractivity contribution in [3.05, 3.63) is 35.4 Å². The van der Waals surface area contributed by atoms with Crippen LogP contribution in [0.5, 0.6) is 0 Å². The van der Waals surface area contributed by atoms with Crippen LogP contribution >= 0.6 is 0 Å². The summed E-state index contributed by atoms with van der Waals surface area (Å²) in [7, 11) is 1.52. The van der Waals surface area contributed by atoms with E-state index in [0.717, 1.165) is 11.1 Å². The molecule has 0 aliphatic carbocycles. The summed E-state index contributed by atoms with van der Waals surface area (Å²) in [5.74, 6) is 0. The van der Waals surface area contributed by atoms with Gasteiger partial charge in [-0.1, -0.05) is 29.4 Å². The van der Waals surface area contributed by atoms with Gasteiger partial charge in [-0.15, -0.1) is 0 Å². The normalized spacial score (nSPS) is 10.5. The van der Waals surface area contributed by atoms with Crippen LogP contribution in [0.25, 0.3) is 0 Å². The van der Waals surface area contributed by atoms with Crippen molar-refractivity contribution in [3.8, 4) is 0 Å². The molecule has 1 aromatic rings. The van der Waals surface area contributed by atoms with Crippen LogP contribution in [0.15, 0.2) is 29.4 Å². The maximum atomic E-state index is 5.44. The second-order valence-electron chi connectivity index (χ2n) is 2.36. The number of rotatable bonds is 3. The summed E-state index contributed by atoms with van der Waals surface area (Å²) in [6, 6.07) is 7.84. The Morgan fingerprint density at radius 3 is 2.58 bits per heavy atom. The Morgan fingerprint density at radius 1 is 1.42 bits per heavy atom. The summed E-state index contributed by atoms with van der Waals surface area (Å²) < 4.78 is 0. The lowest BCUT2D eigenvalue weighted by atomic mass is 10.1. The third-order valence-corrected chi connectivity index (χ3v) is 1.52. The molecule has 0 aromatic heterocycles. The average Bonchev–Trinajstić information content (AvgIpc) is 2.15. The molecule has 1 rings (SSSR count). The van der Waals surface area contributed by atoms with Crippen molar-refractivity contribution in [2.24, 2.45) is 10.9 Å². The van der Waals surface area contributed by atoms with E-state index in [1.807, 2.05) is 24.3 Å². The largest absolute Gasteiger partial charge is 0.399 e. The number of nitrogens with zero attached hydrogens (tertiary/aromatic N) is 1. The molecule has 0 spiro atoms. The third-order valence-electron chi connectivity index (χ3n) is 1.52. The minimum absolute atomic E-state index is 0.571. The van der Waals surface area contributed by atoms with Crippen LogP contribution in [0.3, 0.4) is 0 Å². The topological polar surface area (TPSA) is 47.6 Å². The predicted octanol–water partition coefficient (Wildman–Crippen LogP) is 1.13. The zero-order valence-corrected chi connectivity index (χ0v) is 7.03. The molecule has 0 fully saturated rings. The first-order chi connectivity index (χ1) is 5.86. The highest BCUT2D eigenvalue weighted by Gasteiger charge is 1.88. The molecule has 1 aromatic carbocycles. The van der Waals surface area contributed by atoms with Gasteiger partial charge in [-0.25, -0.2) is 0 Å². The van der Waals surface area contributed by atoms with Gasteiger partial charge >= 0.3 is 0 Å².